The molecular weight excluding hydrogens is 190 g/mol. The van der Waals surface area contributed by atoms with Crippen LogP contribution in [0.3, 0.4) is 0 Å². The summed E-state index contributed by atoms with van der Waals surface area (Å²) in [6.07, 6.45) is 1.01. The number of methoxy groups -OCH3 is 1. The summed E-state index contributed by atoms with van der Waals surface area (Å²) >= 11 is 0. The molecule has 0 aliphatic heterocycles. The summed E-state index contributed by atoms with van der Waals surface area (Å²) in [5.74, 6) is -2.10. The Balaban J connectivity index is 3.28. The summed E-state index contributed by atoms with van der Waals surface area (Å²) in [6, 6.07) is 0.965. The normalized spacial score (nSPS) is 9.50. The highest BCUT2D eigenvalue weighted by Crippen LogP contribution is 1.99. The Morgan fingerprint density at radius 2 is 2.14 bits per heavy atom. The van der Waals surface area contributed by atoms with Crippen molar-refractivity contribution in [1.29, 1.82) is 0 Å². The van der Waals surface area contributed by atoms with Gasteiger partial charge in [0.05, 0.1) is 12.7 Å². The smallest absolute Gasteiger partial charge is 0.343 e. The molecule has 6 nitrogen and oxygen atoms in total. The standard InChI is InChI=1S/C8H7NO5/c1-14-8(13)5-2-4(7(11)12)3-9-6(5)10/h2-3H,1H3,(H,9,10)(H,11,12). The SMILES string of the molecule is COC(=O)c1cc(C(=O)O)c[nH]c1=O. The number of aromatic nitrogens is 1. The Labute approximate surface area is 78.1 Å². The van der Waals surface area contributed by atoms with Gasteiger partial charge in [0.2, 0.25) is 0 Å². The highest BCUT2D eigenvalue weighted by atomic mass is 16.5. The molecule has 14 heavy (non-hydrogen) atoms. The summed E-state index contributed by atoms with van der Waals surface area (Å²) in [7, 11) is 1.11. The topological polar surface area (TPSA) is 96.5 Å². The van der Waals surface area contributed by atoms with Crippen molar-refractivity contribution in [3.63, 3.8) is 0 Å². The van der Waals surface area contributed by atoms with E-state index in [2.05, 4.69) is 9.72 Å². The van der Waals surface area contributed by atoms with Crippen LogP contribution in [-0.4, -0.2) is 29.1 Å². The van der Waals surface area contributed by atoms with Crippen molar-refractivity contribution < 1.29 is 19.4 Å². The van der Waals surface area contributed by atoms with E-state index in [1.54, 1.807) is 0 Å². The number of carbonyl (C=O) groups is 2. The van der Waals surface area contributed by atoms with E-state index in [1.165, 1.54) is 0 Å². The van der Waals surface area contributed by atoms with Crippen molar-refractivity contribution in [2.24, 2.45) is 0 Å². The van der Waals surface area contributed by atoms with E-state index in [-0.39, 0.29) is 11.1 Å². The molecule has 0 amide bonds. The summed E-state index contributed by atoms with van der Waals surface area (Å²) in [6.45, 7) is 0. The van der Waals surface area contributed by atoms with Gasteiger partial charge in [0.25, 0.3) is 5.56 Å². The highest BCUT2D eigenvalue weighted by molar-refractivity contribution is 5.93. The fraction of sp³-hybridized carbons (Fsp3) is 0.125. The van der Waals surface area contributed by atoms with Crippen molar-refractivity contribution >= 4 is 11.9 Å². The Kier molecular flexibility index (Phi) is 2.66. The van der Waals surface area contributed by atoms with Gasteiger partial charge in [0.1, 0.15) is 5.56 Å². The molecule has 0 saturated carbocycles. The third-order valence-corrected chi connectivity index (χ3v) is 1.56. The molecule has 0 aromatic carbocycles. The van der Waals surface area contributed by atoms with E-state index in [4.69, 9.17) is 5.11 Å². The fourth-order valence-corrected chi connectivity index (χ4v) is 0.869. The molecule has 1 aromatic rings. The average molecular weight is 197 g/mol. The minimum Gasteiger partial charge on any atom is -0.478 e. The highest BCUT2D eigenvalue weighted by Gasteiger charge is 2.13. The minimum atomic E-state index is -1.23. The maximum Gasteiger partial charge on any atom is 0.343 e. The molecule has 2 N–H and O–H groups in total. The van der Waals surface area contributed by atoms with Gasteiger partial charge < -0.3 is 14.8 Å². The molecule has 0 saturated heterocycles. The lowest BCUT2D eigenvalue weighted by Gasteiger charge is -1.98. The molecule has 1 aromatic heterocycles. The lowest BCUT2D eigenvalue weighted by atomic mass is 10.2. The predicted octanol–water partition coefficient (Wildman–Crippen LogP) is -0.140. The van der Waals surface area contributed by atoms with Crippen LogP contribution in [-0.2, 0) is 4.74 Å². The summed E-state index contributed by atoms with van der Waals surface area (Å²) in [5, 5.41) is 8.58. The monoisotopic (exact) mass is 197 g/mol. The Bertz CT molecular complexity index is 434. The fourth-order valence-electron chi connectivity index (χ4n) is 0.869. The number of carboxylic acid groups (broad SMARTS) is 1. The molecule has 6 heteroatoms. The van der Waals surface area contributed by atoms with E-state index in [1.807, 2.05) is 0 Å². The van der Waals surface area contributed by atoms with Crippen molar-refractivity contribution in [2.75, 3.05) is 7.11 Å². The first-order valence-electron chi connectivity index (χ1n) is 3.60. The van der Waals surface area contributed by atoms with Gasteiger partial charge in [0, 0.05) is 6.20 Å². The number of nitrogens with one attached hydrogen (secondary N) is 1. The molecule has 0 aliphatic rings. The Morgan fingerprint density at radius 3 is 2.64 bits per heavy atom. The van der Waals surface area contributed by atoms with Gasteiger partial charge in [0.15, 0.2) is 0 Å². The number of hydrogen-bond donors (Lipinski definition) is 2. The second-order valence-corrected chi connectivity index (χ2v) is 2.43. The molecule has 0 aliphatic carbocycles. The Morgan fingerprint density at radius 1 is 1.50 bits per heavy atom. The van der Waals surface area contributed by atoms with Crippen LogP contribution in [0.2, 0.25) is 0 Å². The minimum absolute atomic E-state index is 0.176. The molecule has 1 rings (SSSR count). The van der Waals surface area contributed by atoms with Crippen molar-refractivity contribution in [3.8, 4) is 0 Å². The first-order valence-corrected chi connectivity index (χ1v) is 3.60. The molecule has 0 atom stereocenters. The second kappa shape index (κ2) is 3.73. The van der Waals surface area contributed by atoms with Gasteiger partial charge in [-0.15, -0.1) is 0 Å². The van der Waals surface area contributed by atoms with Gasteiger partial charge in [-0.1, -0.05) is 0 Å². The third-order valence-electron chi connectivity index (χ3n) is 1.56. The predicted molar refractivity (Wildman–Crippen MR) is 45.4 cm³/mol. The zero-order valence-electron chi connectivity index (χ0n) is 7.23. The third kappa shape index (κ3) is 1.79. The van der Waals surface area contributed by atoms with Gasteiger partial charge >= 0.3 is 11.9 Å². The molecule has 0 unspecified atom stereocenters. The second-order valence-electron chi connectivity index (χ2n) is 2.43. The quantitative estimate of drug-likeness (QED) is 0.643. The van der Waals surface area contributed by atoms with Gasteiger partial charge in [-0.2, -0.15) is 0 Å². The largest absolute Gasteiger partial charge is 0.478 e. The van der Waals surface area contributed by atoms with E-state index in [9.17, 15) is 14.4 Å². The first-order chi connectivity index (χ1) is 6.56. The number of H-pyrrole nitrogens is 1. The van der Waals surface area contributed by atoms with Crippen LogP contribution in [0.4, 0.5) is 0 Å². The number of carboxylic acids is 1. The number of esters is 1. The van der Waals surface area contributed by atoms with Crippen molar-refractivity contribution in [3.05, 3.63) is 33.7 Å². The van der Waals surface area contributed by atoms with E-state index in [0.717, 1.165) is 19.4 Å². The lowest BCUT2D eigenvalue weighted by Crippen LogP contribution is -2.19. The molecule has 1 heterocycles. The number of rotatable bonds is 2. The summed E-state index contributed by atoms with van der Waals surface area (Å²) < 4.78 is 4.30. The van der Waals surface area contributed by atoms with E-state index < -0.39 is 17.5 Å². The van der Waals surface area contributed by atoms with Gasteiger partial charge in [-0.3, -0.25) is 4.79 Å². The molecule has 0 fully saturated rings. The van der Waals surface area contributed by atoms with Crippen molar-refractivity contribution in [2.45, 2.75) is 0 Å². The van der Waals surface area contributed by atoms with Gasteiger partial charge in [-0.05, 0) is 6.07 Å². The molecule has 0 radical (unpaired) electrons. The average Bonchev–Trinajstić information content (AvgIpc) is 2.17. The number of ether oxygens (including phenoxy) is 1. The lowest BCUT2D eigenvalue weighted by molar-refractivity contribution is 0.0598. The zero-order chi connectivity index (χ0) is 10.7. The van der Waals surface area contributed by atoms with E-state index >= 15 is 0 Å². The molecule has 0 spiro atoms. The molecular formula is C8H7NO5. The molecule has 74 valence electrons. The number of pyridine rings is 1. The molecule has 0 bridgehead atoms. The van der Waals surface area contributed by atoms with Crippen LogP contribution in [0.5, 0.6) is 0 Å². The van der Waals surface area contributed by atoms with E-state index in [0.29, 0.717) is 0 Å². The number of aromatic amines is 1. The maximum absolute atomic E-state index is 11.0. The Hall–Kier alpha value is -2.11. The van der Waals surface area contributed by atoms with Gasteiger partial charge in [-0.25, -0.2) is 9.59 Å². The van der Waals surface area contributed by atoms with Crippen molar-refractivity contribution in [1.82, 2.24) is 4.98 Å². The number of aromatic carboxylic acids is 1. The first kappa shape index (κ1) is 9.97. The zero-order valence-corrected chi connectivity index (χ0v) is 7.23. The van der Waals surface area contributed by atoms with Crippen LogP contribution in [0.1, 0.15) is 20.7 Å². The van der Waals surface area contributed by atoms with Crippen LogP contribution in [0.25, 0.3) is 0 Å². The van der Waals surface area contributed by atoms with Crippen LogP contribution in [0, 0.1) is 0 Å². The van der Waals surface area contributed by atoms with Crippen LogP contribution in [0.15, 0.2) is 17.1 Å². The van der Waals surface area contributed by atoms with Crippen LogP contribution < -0.4 is 5.56 Å². The number of carbonyl (C=O) groups excluding carboxylic acids is 1. The summed E-state index contributed by atoms with van der Waals surface area (Å²) in [4.78, 5) is 34.6. The maximum atomic E-state index is 11.0. The number of hydrogen-bond acceptors (Lipinski definition) is 4. The summed E-state index contributed by atoms with van der Waals surface area (Å²) in [5.41, 5.74) is -1.18. The van der Waals surface area contributed by atoms with Crippen LogP contribution >= 0.6 is 0 Å².